The lowest BCUT2D eigenvalue weighted by molar-refractivity contribution is 0.0961. The highest BCUT2D eigenvalue weighted by atomic mass is 32.2. The molecule has 2 heterocycles. The molecule has 2 N–H and O–H groups in total. The van der Waals surface area contributed by atoms with Gasteiger partial charge in [0.15, 0.2) is 0 Å². The molecule has 3 rings (SSSR count). The van der Waals surface area contributed by atoms with Gasteiger partial charge in [-0.15, -0.1) is 11.8 Å². The first-order valence-electron chi connectivity index (χ1n) is 4.06. The first-order chi connectivity index (χ1) is 6.36. The summed E-state index contributed by atoms with van der Waals surface area (Å²) in [5, 5.41) is 6.05. The van der Waals surface area contributed by atoms with E-state index < -0.39 is 0 Å². The molecule has 1 aromatic carbocycles. The van der Waals surface area contributed by atoms with E-state index in [1.807, 2.05) is 24.3 Å². The number of carbonyl (C=O) groups excluding carboxylic acids is 1. The van der Waals surface area contributed by atoms with Crippen LogP contribution in [0.4, 0.5) is 5.69 Å². The van der Waals surface area contributed by atoms with Crippen molar-refractivity contribution in [2.75, 3.05) is 17.1 Å². The average molecular weight is 194 g/mol. The van der Waals surface area contributed by atoms with Crippen molar-refractivity contribution in [3.8, 4) is 0 Å². The zero-order valence-electron chi connectivity index (χ0n) is 7.04. The Bertz CT molecular complexity index is 310. The molecule has 68 valence electrons. The maximum atomic E-state index is 11.4. The zero-order valence-corrected chi connectivity index (χ0v) is 7.86. The number of thioether (sulfide) groups is 1. The van der Waals surface area contributed by atoms with Gasteiger partial charge in [0.2, 0.25) is 0 Å². The zero-order chi connectivity index (χ0) is 9.10. The Balaban J connectivity index is 2.30. The second-order valence-corrected chi connectivity index (χ2v) is 3.74. The summed E-state index contributed by atoms with van der Waals surface area (Å²) in [6.07, 6.45) is 0. The molecule has 0 fully saturated rings. The van der Waals surface area contributed by atoms with Gasteiger partial charge in [-0.2, -0.15) is 0 Å². The van der Waals surface area contributed by atoms with E-state index >= 15 is 0 Å². The molecule has 2 bridgehead atoms. The molecule has 2 aliphatic rings. The van der Waals surface area contributed by atoms with Crippen molar-refractivity contribution in [3.05, 3.63) is 29.8 Å². The van der Waals surface area contributed by atoms with Gasteiger partial charge >= 0.3 is 0 Å². The number of rotatable bonds is 0. The molecule has 2 aliphatic heterocycles. The molecule has 13 heavy (non-hydrogen) atoms. The smallest absolute Gasteiger partial charge is 0.251 e. The summed E-state index contributed by atoms with van der Waals surface area (Å²) in [5.74, 6) is 1.48. The maximum Gasteiger partial charge on any atom is 0.251 e. The fraction of sp³-hybridized carbons (Fsp3) is 0.222. The van der Waals surface area contributed by atoms with Crippen LogP contribution >= 0.6 is 11.8 Å². The van der Waals surface area contributed by atoms with Crippen LogP contribution in [0.5, 0.6) is 0 Å². The Kier molecular flexibility index (Phi) is 2.40. The second kappa shape index (κ2) is 3.70. The third-order valence-electron chi connectivity index (χ3n) is 1.86. The normalized spacial score (nSPS) is 16.2. The minimum absolute atomic E-state index is 0.000880. The number of anilines is 1. The first kappa shape index (κ1) is 8.44. The lowest BCUT2D eigenvalue weighted by Crippen LogP contribution is -2.24. The standard InChI is InChI=1S/C9H10N2OS/c12-9-7-1-3-8(4-2-7)10-5-13-6-11-9/h1-4,10H,5-6H2,(H,11,12). The molecule has 0 saturated heterocycles. The molecule has 0 radical (unpaired) electrons. The van der Waals surface area contributed by atoms with Crippen LogP contribution in [0.3, 0.4) is 0 Å². The molecule has 0 atom stereocenters. The van der Waals surface area contributed by atoms with Crippen LogP contribution in [0.15, 0.2) is 24.3 Å². The quantitative estimate of drug-likeness (QED) is 0.657. The van der Waals surface area contributed by atoms with Crippen molar-refractivity contribution in [1.82, 2.24) is 5.32 Å². The van der Waals surface area contributed by atoms with Crippen LogP contribution in [0.1, 0.15) is 10.4 Å². The van der Waals surface area contributed by atoms with E-state index in [9.17, 15) is 4.79 Å². The molecule has 0 aromatic heterocycles. The number of hydrogen-bond acceptors (Lipinski definition) is 3. The van der Waals surface area contributed by atoms with Crippen molar-refractivity contribution in [2.45, 2.75) is 0 Å². The van der Waals surface area contributed by atoms with Crippen molar-refractivity contribution >= 4 is 23.4 Å². The van der Waals surface area contributed by atoms with Crippen LogP contribution in [0.25, 0.3) is 0 Å². The monoisotopic (exact) mass is 194 g/mol. The van der Waals surface area contributed by atoms with Crippen molar-refractivity contribution in [3.63, 3.8) is 0 Å². The lowest BCUT2D eigenvalue weighted by Gasteiger charge is -2.11. The predicted molar refractivity (Wildman–Crippen MR) is 54.9 cm³/mol. The number of fused-ring (bicyclic) bond motifs is 7. The minimum Gasteiger partial charge on any atom is -0.376 e. The van der Waals surface area contributed by atoms with Crippen molar-refractivity contribution in [1.29, 1.82) is 0 Å². The van der Waals surface area contributed by atoms with Crippen LogP contribution in [0, 0.1) is 0 Å². The highest BCUT2D eigenvalue weighted by Gasteiger charge is 2.05. The van der Waals surface area contributed by atoms with E-state index in [4.69, 9.17) is 0 Å². The van der Waals surface area contributed by atoms with Crippen molar-refractivity contribution < 1.29 is 4.79 Å². The van der Waals surface area contributed by atoms with E-state index in [1.54, 1.807) is 11.8 Å². The van der Waals surface area contributed by atoms with Crippen LogP contribution in [0.2, 0.25) is 0 Å². The number of amides is 1. The van der Waals surface area contributed by atoms with Gasteiger partial charge in [-0.1, -0.05) is 0 Å². The predicted octanol–water partition coefficient (Wildman–Crippen LogP) is 1.49. The molecule has 1 aromatic rings. The molecule has 1 amide bonds. The lowest BCUT2D eigenvalue weighted by atomic mass is 10.2. The summed E-state index contributed by atoms with van der Waals surface area (Å²) in [6, 6.07) is 7.49. The highest BCUT2D eigenvalue weighted by molar-refractivity contribution is 7.99. The summed E-state index contributed by atoms with van der Waals surface area (Å²) in [4.78, 5) is 11.4. The molecular weight excluding hydrogens is 184 g/mol. The SMILES string of the molecule is O=C1NCSCNc2ccc1cc2. The van der Waals surface area contributed by atoms with E-state index in [1.165, 1.54) is 0 Å². The van der Waals surface area contributed by atoms with Crippen LogP contribution in [-0.4, -0.2) is 17.7 Å². The number of benzene rings is 1. The number of hydrogen-bond donors (Lipinski definition) is 2. The molecule has 4 heteroatoms. The Morgan fingerprint density at radius 2 is 1.77 bits per heavy atom. The van der Waals surface area contributed by atoms with Gasteiger partial charge in [-0.25, -0.2) is 0 Å². The Morgan fingerprint density at radius 1 is 1.08 bits per heavy atom. The largest absolute Gasteiger partial charge is 0.376 e. The van der Waals surface area contributed by atoms with E-state index in [2.05, 4.69) is 10.6 Å². The average Bonchev–Trinajstić information content (AvgIpc) is 2.19. The van der Waals surface area contributed by atoms with Gasteiger partial charge in [0.1, 0.15) is 0 Å². The van der Waals surface area contributed by atoms with Gasteiger partial charge in [-0.05, 0) is 24.3 Å². The summed E-state index contributed by atoms with van der Waals surface area (Å²) in [6.45, 7) is 0. The Hall–Kier alpha value is -1.16. The van der Waals surface area contributed by atoms with Gasteiger partial charge < -0.3 is 10.6 Å². The van der Waals surface area contributed by atoms with Gasteiger partial charge in [0.05, 0.1) is 11.8 Å². The maximum absolute atomic E-state index is 11.4. The molecule has 3 nitrogen and oxygen atoms in total. The van der Waals surface area contributed by atoms with E-state index in [-0.39, 0.29) is 5.91 Å². The first-order valence-corrected chi connectivity index (χ1v) is 5.21. The Labute approximate surface area is 80.9 Å². The third kappa shape index (κ3) is 1.95. The summed E-state index contributed by atoms with van der Waals surface area (Å²) >= 11 is 1.65. The Morgan fingerprint density at radius 3 is 2.54 bits per heavy atom. The minimum atomic E-state index is 0.000880. The third-order valence-corrected chi connectivity index (χ3v) is 2.56. The van der Waals surface area contributed by atoms with E-state index in [0.717, 1.165) is 11.6 Å². The van der Waals surface area contributed by atoms with E-state index in [0.29, 0.717) is 11.4 Å². The molecule has 0 spiro atoms. The van der Waals surface area contributed by atoms with Gasteiger partial charge in [0, 0.05) is 11.3 Å². The fourth-order valence-corrected chi connectivity index (χ4v) is 1.75. The van der Waals surface area contributed by atoms with Gasteiger partial charge in [-0.3, -0.25) is 4.79 Å². The van der Waals surface area contributed by atoms with Crippen LogP contribution < -0.4 is 10.6 Å². The molecule has 0 aliphatic carbocycles. The van der Waals surface area contributed by atoms with Crippen molar-refractivity contribution in [2.24, 2.45) is 0 Å². The summed E-state index contributed by atoms with van der Waals surface area (Å²) in [7, 11) is 0. The molecular formula is C9H10N2OS. The second-order valence-electron chi connectivity index (χ2n) is 2.75. The topological polar surface area (TPSA) is 41.1 Å². The summed E-state index contributed by atoms with van der Waals surface area (Å²) in [5.41, 5.74) is 1.78. The molecule has 0 saturated carbocycles. The van der Waals surface area contributed by atoms with Gasteiger partial charge in [0.25, 0.3) is 5.91 Å². The highest BCUT2D eigenvalue weighted by Crippen LogP contribution is 2.12. The fourth-order valence-electron chi connectivity index (χ4n) is 1.14. The van der Waals surface area contributed by atoms with Crippen LogP contribution in [-0.2, 0) is 0 Å². The number of nitrogens with one attached hydrogen (secondary N) is 2. The molecule has 0 unspecified atom stereocenters. The summed E-state index contributed by atoms with van der Waals surface area (Å²) < 4.78 is 0. The number of carbonyl (C=O) groups is 1.